The quantitative estimate of drug-likeness (QED) is 0.529. The number of methoxy groups -OCH3 is 1. The first-order chi connectivity index (χ1) is 13.1. The average molecular weight is 383 g/mol. The van der Waals surface area contributed by atoms with E-state index >= 15 is 0 Å². The summed E-state index contributed by atoms with van der Waals surface area (Å²) in [6.07, 6.45) is 0. The van der Waals surface area contributed by atoms with Crippen LogP contribution in [-0.4, -0.2) is 38.5 Å². The maximum atomic E-state index is 12.6. The minimum atomic E-state index is -0.397. The van der Waals surface area contributed by atoms with Crippen molar-refractivity contribution in [3.05, 3.63) is 36.4 Å². The zero-order chi connectivity index (χ0) is 19.0. The van der Waals surface area contributed by atoms with Gasteiger partial charge in [-0.3, -0.25) is 4.79 Å². The summed E-state index contributed by atoms with van der Waals surface area (Å²) in [5.74, 6) is 0.386. The van der Waals surface area contributed by atoms with Crippen molar-refractivity contribution >= 4 is 45.3 Å². The molecule has 2 aromatic carbocycles. The smallest absolute Gasteiger partial charge is 0.237 e. The first kappa shape index (κ1) is 17.3. The van der Waals surface area contributed by atoms with Crippen molar-refractivity contribution < 1.29 is 13.9 Å². The Hall–Kier alpha value is -3.07. The number of aryl methyl sites for hydroxylation is 1. The monoisotopic (exact) mass is 383 g/mol. The van der Waals surface area contributed by atoms with E-state index in [-0.39, 0.29) is 5.91 Å². The van der Waals surface area contributed by atoms with Crippen LogP contribution >= 0.6 is 11.8 Å². The predicted octanol–water partition coefficient (Wildman–Crippen LogP) is 3.24. The molecule has 0 aliphatic rings. The highest BCUT2D eigenvalue weighted by Crippen LogP contribution is 2.36. The number of hydrogen-bond donors (Lipinski definition) is 1. The van der Waals surface area contributed by atoms with Crippen LogP contribution in [0.1, 0.15) is 6.92 Å². The molecule has 0 saturated carbocycles. The highest BCUT2D eigenvalue weighted by atomic mass is 32.2. The van der Waals surface area contributed by atoms with Crippen molar-refractivity contribution in [2.75, 3.05) is 12.4 Å². The lowest BCUT2D eigenvalue weighted by Gasteiger charge is -2.13. The number of benzene rings is 2. The van der Waals surface area contributed by atoms with Crippen LogP contribution in [0, 0.1) is 0 Å². The molecule has 0 saturated heterocycles. The molecule has 2 aromatic heterocycles. The van der Waals surface area contributed by atoms with E-state index in [1.807, 2.05) is 30.3 Å². The van der Waals surface area contributed by atoms with Gasteiger partial charge < -0.3 is 14.5 Å². The standard InChI is InChI=1S/C18H17N5O3S/c1-10(27-18-20-21-22-23(18)2)17(24)19-13-9-15-12(8-16(13)25-3)11-6-4-5-7-14(11)26-15/h4-10H,1-3H3,(H,19,24). The van der Waals surface area contributed by atoms with Crippen molar-refractivity contribution in [1.29, 1.82) is 0 Å². The highest BCUT2D eigenvalue weighted by molar-refractivity contribution is 8.00. The van der Waals surface area contributed by atoms with Crippen molar-refractivity contribution in [3.63, 3.8) is 0 Å². The summed E-state index contributed by atoms with van der Waals surface area (Å²) in [6, 6.07) is 11.4. The predicted molar refractivity (Wildman–Crippen MR) is 103 cm³/mol. The second-order valence-electron chi connectivity index (χ2n) is 5.98. The van der Waals surface area contributed by atoms with Gasteiger partial charge >= 0.3 is 0 Å². The minimum absolute atomic E-state index is 0.184. The number of fused-ring (bicyclic) bond motifs is 3. The Morgan fingerprint density at radius 1 is 1.26 bits per heavy atom. The summed E-state index contributed by atoms with van der Waals surface area (Å²) in [6.45, 7) is 1.79. The molecule has 9 heteroatoms. The fourth-order valence-electron chi connectivity index (χ4n) is 2.79. The molecular formula is C18H17N5O3S. The zero-order valence-electron chi connectivity index (χ0n) is 15.0. The highest BCUT2D eigenvalue weighted by Gasteiger charge is 2.20. The molecule has 27 heavy (non-hydrogen) atoms. The van der Waals surface area contributed by atoms with Crippen molar-refractivity contribution in [3.8, 4) is 5.75 Å². The zero-order valence-corrected chi connectivity index (χ0v) is 15.8. The second kappa shape index (κ2) is 6.92. The number of para-hydroxylation sites is 1. The number of tetrazole rings is 1. The molecule has 1 unspecified atom stereocenters. The fourth-order valence-corrected chi connectivity index (χ4v) is 3.54. The van der Waals surface area contributed by atoms with E-state index in [4.69, 9.17) is 9.15 Å². The van der Waals surface area contributed by atoms with Gasteiger partial charge in [-0.1, -0.05) is 30.0 Å². The Morgan fingerprint density at radius 2 is 2.07 bits per heavy atom. The van der Waals surface area contributed by atoms with Gasteiger partial charge in [0.15, 0.2) is 0 Å². The van der Waals surface area contributed by atoms with E-state index < -0.39 is 5.25 Å². The maximum Gasteiger partial charge on any atom is 0.237 e. The molecule has 0 radical (unpaired) electrons. The van der Waals surface area contributed by atoms with Crippen LogP contribution in [0.4, 0.5) is 5.69 Å². The third kappa shape index (κ3) is 3.21. The van der Waals surface area contributed by atoms with Gasteiger partial charge in [-0.15, -0.1) is 5.10 Å². The number of amides is 1. The summed E-state index contributed by atoms with van der Waals surface area (Å²) in [5, 5.41) is 16.3. The van der Waals surface area contributed by atoms with Crippen molar-refractivity contribution in [1.82, 2.24) is 20.2 Å². The third-order valence-electron chi connectivity index (χ3n) is 4.19. The van der Waals surface area contributed by atoms with Gasteiger partial charge in [0.25, 0.3) is 0 Å². The molecule has 0 aliphatic carbocycles. The Morgan fingerprint density at radius 3 is 2.81 bits per heavy atom. The molecule has 1 amide bonds. The van der Waals surface area contributed by atoms with E-state index in [1.165, 1.54) is 16.4 Å². The van der Waals surface area contributed by atoms with Gasteiger partial charge in [0.2, 0.25) is 11.1 Å². The number of ether oxygens (including phenoxy) is 1. The number of thioether (sulfide) groups is 1. The summed E-state index contributed by atoms with van der Waals surface area (Å²) >= 11 is 1.28. The first-order valence-electron chi connectivity index (χ1n) is 8.26. The van der Waals surface area contributed by atoms with E-state index in [2.05, 4.69) is 20.8 Å². The number of carbonyl (C=O) groups is 1. The lowest BCUT2D eigenvalue weighted by atomic mass is 10.1. The lowest BCUT2D eigenvalue weighted by Crippen LogP contribution is -2.23. The first-order valence-corrected chi connectivity index (χ1v) is 9.14. The topological polar surface area (TPSA) is 95.1 Å². The summed E-state index contributed by atoms with van der Waals surface area (Å²) in [5.41, 5.74) is 2.03. The van der Waals surface area contributed by atoms with Crippen LogP contribution in [0.5, 0.6) is 5.75 Å². The van der Waals surface area contributed by atoms with E-state index in [0.717, 1.165) is 16.4 Å². The normalized spacial score (nSPS) is 12.4. The van der Waals surface area contributed by atoms with Crippen LogP contribution in [0.3, 0.4) is 0 Å². The van der Waals surface area contributed by atoms with Gasteiger partial charge in [0, 0.05) is 23.9 Å². The maximum absolute atomic E-state index is 12.6. The molecule has 0 spiro atoms. The molecule has 0 bridgehead atoms. The Balaban J connectivity index is 1.63. The number of anilines is 1. The average Bonchev–Trinajstić information content (AvgIpc) is 3.23. The molecule has 0 fully saturated rings. The molecule has 1 N–H and O–H groups in total. The Bertz CT molecular complexity index is 1140. The number of hydrogen-bond acceptors (Lipinski definition) is 7. The fraction of sp³-hybridized carbons (Fsp3) is 0.222. The lowest BCUT2D eigenvalue weighted by molar-refractivity contribution is -0.115. The molecule has 2 heterocycles. The number of furan rings is 1. The van der Waals surface area contributed by atoms with Crippen molar-refractivity contribution in [2.24, 2.45) is 7.05 Å². The molecule has 0 aliphatic heterocycles. The van der Waals surface area contributed by atoms with Crippen LogP contribution in [0.15, 0.2) is 46.0 Å². The van der Waals surface area contributed by atoms with E-state index in [1.54, 1.807) is 27.1 Å². The minimum Gasteiger partial charge on any atom is -0.495 e. The Labute approximate surface area is 158 Å². The van der Waals surface area contributed by atoms with Gasteiger partial charge in [-0.2, -0.15) is 0 Å². The number of aromatic nitrogens is 4. The molecular weight excluding hydrogens is 366 g/mol. The van der Waals surface area contributed by atoms with Crippen LogP contribution in [0.2, 0.25) is 0 Å². The SMILES string of the molecule is COc1cc2c(cc1NC(=O)C(C)Sc1nnnn1C)oc1ccccc12. The number of carbonyl (C=O) groups excluding carboxylic acids is 1. The largest absolute Gasteiger partial charge is 0.495 e. The number of nitrogens with zero attached hydrogens (tertiary/aromatic N) is 4. The van der Waals surface area contributed by atoms with Crippen LogP contribution in [-0.2, 0) is 11.8 Å². The van der Waals surface area contributed by atoms with Crippen molar-refractivity contribution in [2.45, 2.75) is 17.3 Å². The van der Waals surface area contributed by atoms with Crippen LogP contribution < -0.4 is 10.1 Å². The number of rotatable bonds is 5. The molecule has 1 atom stereocenters. The third-order valence-corrected chi connectivity index (χ3v) is 5.31. The molecule has 138 valence electrons. The summed E-state index contributed by atoms with van der Waals surface area (Å²) in [4.78, 5) is 12.6. The van der Waals surface area contributed by atoms with Crippen LogP contribution in [0.25, 0.3) is 21.9 Å². The second-order valence-corrected chi connectivity index (χ2v) is 7.29. The van der Waals surface area contributed by atoms with Gasteiger partial charge in [-0.25, -0.2) is 4.68 Å². The van der Waals surface area contributed by atoms with Gasteiger partial charge in [0.05, 0.1) is 18.0 Å². The van der Waals surface area contributed by atoms with E-state index in [9.17, 15) is 4.79 Å². The summed E-state index contributed by atoms with van der Waals surface area (Å²) < 4.78 is 12.9. The summed E-state index contributed by atoms with van der Waals surface area (Å²) in [7, 11) is 3.30. The van der Waals surface area contributed by atoms with E-state index in [0.29, 0.717) is 22.2 Å². The molecule has 8 nitrogen and oxygen atoms in total. The Kier molecular flexibility index (Phi) is 4.44. The van der Waals surface area contributed by atoms with Gasteiger partial charge in [-0.05, 0) is 29.5 Å². The number of nitrogens with one attached hydrogen (secondary N) is 1. The molecule has 4 aromatic rings. The molecule has 4 rings (SSSR count). The van der Waals surface area contributed by atoms with Gasteiger partial charge in [0.1, 0.15) is 16.9 Å².